The van der Waals surface area contributed by atoms with Gasteiger partial charge in [0.25, 0.3) is 12.0 Å². The van der Waals surface area contributed by atoms with Gasteiger partial charge in [-0.25, -0.2) is 9.98 Å². The van der Waals surface area contributed by atoms with E-state index in [1.165, 1.54) is 12.8 Å². The van der Waals surface area contributed by atoms with E-state index in [-0.39, 0.29) is 0 Å². The van der Waals surface area contributed by atoms with Gasteiger partial charge in [-0.3, -0.25) is 0 Å². The molecule has 0 amide bonds. The summed E-state index contributed by atoms with van der Waals surface area (Å²) in [6.07, 6.45) is 6.81. The van der Waals surface area contributed by atoms with E-state index >= 15 is 0 Å². The van der Waals surface area contributed by atoms with E-state index in [1.54, 1.807) is 0 Å². The van der Waals surface area contributed by atoms with Gasteiger partial charge in [0.15, 0.2) is 0 Å². The molecule has 0 aromatic carbocycles. The van der Waals surface area contributed by atoms with E-state index in [0.29, 0.717) is 0 Å². The average Bonchev–Trinajstić information content (AvgIpc) is 2.52. The molecule has 0 unspecified atom stereocenters. The summed E-state index contributed by atoms with van der Waals surface area (Å²) in [5, 5.41) is 6.47. The molecule has 0 saturated carbocycles. The van der Waals surface area contributed by atoms with Gasteiger partial charge >= 0.3 is 0 Å². The molecule has 6 nitrogen and oxygen atoms in total. The van der Waals surface area contributed by atoms with Gasteiger partial charge in [0.1, 0.15) is 0 Å². The van der Waals surface area contributed by atoms with Crippen molar-refractivity contribution < 1.29 is 9.47 Å². The van der Waals surface area contributed by atoms with Crippen LogP contribution in [0.1, 0.15) is 38.5 Å². The second-order valence-corrected chi connectivity index (χ2v) is 5.05. The van der Waals surface area contributed by atoms with Crippen LogP contribution in [0, 0.1) is 0 Å². The number of ether oxygens (including phenoxy) is 2. The molecule has 2 rings (SSSR count). The highest BCUT2D eigenvalue weighted by atomic mass is 16.5. The van der Waals surface area contributed by atoms with Crippen molar-refractivity contribution in [1.29, 1.82) is 0 Å². The topological polar surface area (TPSA) is 67.2 Å². The van der Waals surface area contributed by atoms with Gasteiger partial charge in [0, 0.05) is 39.0 Å². The third-order valence-electron chi connectivity index (χ3n) is 3.25. The third-order valence-corrected chi connectivity index (χ3v) is 3.25. The van der Waals surface area contributed by atoms with Gasteiger partial charge in [-0.15, -0.1) is 0 Å². The van der Waals surface area contributed by atoms with Gasteiger partial charge in [0.05, 0.1) is 13.2 Å². The van der Waals surface area contributed by atoms with Crippen molar-refractivity contribution in [3.63, 3.8) is 0 Å². The Labute approximate surface area is 121 Å². The molecule has 114 valence electrons. The smallest absolute Gasteiger partial charge is 0.284 e. The predicted molar refractivity (Wildman–Crippen MR) is 80.2 cm³/mol. The van der Waals surface area contributed by atoms with Crippen molar-refractivity contribution in [3.8, 4) is 0 Å². The minimum absolute atomic E-state index is 0.727. The van der Waals surface area contributed by atoms with Crippen LogP contribution in [-0.2, 0) is 9.47 Å². The van der Waals surface area contributed by atoms with Crippen LogP contribution in [0.4, 0.5) is 0 Å². The molecule has 0 atom stereocenters. The molecule has 0 radical (unpaired) electrons. The number of amidine groups is 2. The molecule has 0 aliphatic carbocycles. The summed E-state index contributed by atoms with van der Waals surface area (Å²) < 4.78 is 10.8. The van der Waals surface area contributed by atoms with Crippen LogP contribution in [-0.4, -0.2) is 51.4 Å². The van der Waals surface area contributed by atoms with Crippen LogP contribution < -0.4 is 10.6 Å². The van der Waals surface area contributed by atoms with E-state index < -0.39 is 0 Å². The van der Waals surface area contributed by atoms with E-state index in [0.717, 1.165) is 77.1 Å². The summed E-state index contributed by atoms with van der Waals surface area (Å²) in [4.78, 5) is 8.55. The molecule has 0 aromatic rings. The lowest BCUT2D eigenvalue weighted by molar-refractivity contribution is 0.266. The van der Waals surface area contributed by atoms with Crippen molar-refractivity contribution in [2.75, 3.05) is 39.4 Å². The maximum Gasteiger partial charge on any atom is 0.284 e. The fourth-order valence-electron chi connectivity index (χ4n) is 2.13. The Morgan fingerprint density at radius 1 is 0.750 bits per heavy atom. The van der Waals surface area contributed by atoms with Crippen molar-refractivity contribution in [3.05, 3.63) is 0 Å². The fraction of sp³-hybridized carbons (Fsp3) is 0.857. The molecule has 2 heterocycles. The zero-order valence-electron chi connectivity index (χ0n) is 12.2. The number of nitrogens with zero attached hydrogens (tertiary/aromatic N) is 2. The van der Waals surface area contributed by atoms with Crippen LogP contribution in [0.3, 0.4) is 0 Å². The number of aliphatic imine (C=N–C) groups is 2. The molecule has 2 aliphatic heterocycles. The van der Waals surface area contributed by atoms with E-state index in [4.69, 9.17) is 9.47 Å². The first-order valence-corrected chi connectivity index (χ1v) is 7.77. The van der Waals surface area contributed by atoms with E-state index in [2.05, 4.69) is 20.6 Å². The first-order valence-electron chi connectivity index (χ1n) is 7.77. The Hall–Kier alpha value is -1.46. The quantitative estimate of drug-likeness (QED) is 0.690. The molecule has 6 heteroatoms. The molecule has 0 fully saturated rings. The number of hydrogen-bond acceptors (Lipinski definition) is 6. The lowest BCUT2D eigenvalue weighted by Gasteiger charge is -2.15. The first-order chi connectivity index (χ1) is 9.95. The van der Waals surface area contributed by atoms with Crippen LogP contribution in [0.5, 0.6) is 0 Å². The van der Waals surface area contributed by atoms with E-state index in [1.807, 2.05) is 0 Å². The fourth-order valence-corrected chi connectivity index (χ4v) is 2.13. The summed E-state index contributed by atoms with van der Waals surface area (Å²) in [5.41, 5.74) is 0. The standard InChI is InChI=1S/C14H26N4O2/c1(3-7-15-13-17-9-5-11-19-13)2-4-8-16-14-18-10-6-12-20-14/h1-12H2,(H,15,17)(H,16,18). The summed E-state index contributed by atoms with van der Waals surface area (Å²) >= 11 is 0. The highest BCUT2D eigenvalue weighted by Crippen LogP contribution is 2.00. The summed E-state index contributed by atoms with van der Waals surface area (Å²) in [6.45, 7) is 5.26. The van der Waals surface area contributed by atoms with Crippen LogP contribution >= 0.6 is 0 Å². The molecule has 2 aliphatic rings. The van der Waals surface area contributed by atoms with Gasteiger partial charge in [-0.2, -0.15) is 0 Å². The number of hydrogen-bond donors (Lipinski definition) is 2. The van der Waals surface area contributed by atoms with Crippen molar-refractivity contribution in [2.45, 2.75) is 38.5 Å². The molecule has 0 bridgehead atoms. The second kappa shape index (κ2) is 9.44. The van der Waals surface area contributed by atoms with Gasteiger partial charge in [-0.05, 0) is 12.8 Å². The van der Waals surface area contributed by atoms with Crippen molar-refractivity contribution in [1.82, 2.24) is 10.6 Å². The molecule has 20 heavy (non-hydrogen) atoms. The van der Waals surface area contributed by atoms with Crippen LogP contribution in [0.2, 0.25) is 0 Å². The summed E-state index contributed by atoms with van der Waals surface area (Å²) in [5.74, 6) is 0. The molecule has 0 aromatic heterocycles. The zero-order valence-corrected chi connectivity index (χ0v) is 12.2. The predicted octanol–water partition coefficient (Wildman–Crippen LogP) is 1.28. The SMILES string of the molecule is C(CCCNC1=NCCCO1)CCNC1=NCCCO1. The molecular formula is C14H26N4O2. The zero-order chi connectivity index (χ0) is 13.9. The van der Waals surface area contributed by atoms with Gasteiger partial charge in [0.2, 0.25) is 0 Å². The van der Waals surface area contributed by atoms with Crippen molar-refractivity contribution in [2.24, 2.45) is 9.98 Å². The Morgan fingerprint density at radius 2 is 1.25 bits per heavy atom. The van der Waals surface area contributed by atoms with E-state index in [9.17, 15) is 0 Å². The Morgan fingerprint density at radius 3 is 1.65 bits per heavy atom. The number of nitrogens with one attached hydrogen (secondary N) is 2. The van der Waals surface area contributed by atoms with Gasteiger partial charge < -0.3 is 20.1 Å². The van der Waals surface area contributed by atoms with Crippen LogP contribution in [0.15, 0.2) is 9.98 Å². The van der Waals surface area contributed by atoms with Crippen molar-refractivity contribution >= 4 is 12.0 Å². The maximum atomic E-state index is 5.39. The second-order valence-electron chi connectivity index (χ2n) is 5.05. The molecule has 0 spiro atoms. The lowest BCUT2D eigenvalue weighted by atomic mass is 10.2. The minimum Gasteiger partial charge on any atom is -0.465 e. The Bertz CT molecular complexity index is 299. The number of unbranched alkanes of at least 4 members (excludes halogenated alkanes) is 3. The Kier molecular flexibility index (Phi) is 7.05. The highest BCUT2D eigenvalue weighted by Gasteiger charge is 2.05. The average molecular weight is 282 g/mol. The van der Waals surface area contributed by atoms with Crippen LogP contribution in [0.25, 0.3) is 0 Å². The first kappa shape index (κ1) is 14.9. The molecular weight excluding hydrogens is 256 g/mol. The molecule has 2 N–H and O–H groups in total. The third kappa shape index (κ3) is 6.12. The number of rotatable bonds is 7. The molecule has 0 saturated heterocycles. The van der Waals surface area contributed by atoms with Gasteiger partial charge in [-0.1, -0.05) is 12.8 Å². The lowest BCUT2D eigenvalue weighted by Crippen LogP contribution is -2.30. The summed E-state index contributed by atoms with van der Waals surface area (Å²) in [7, 11) is 0. The largest absolute Gasteiger partial charge is 0.465 e. The minimum atomic E-state index is 0.727. The maximum absolute atomic E-state index is 5.39. The Balaban J connectivity index is 1.38. The monoisotopic (exact) mass is 282 g/mol. The normalized spacial score (nSPS) is 18.4. The summed E-state index contributed by atoms with van der Waals surface area (Å²) in [6, 6.07) is 1.45. The highest BCUT2D eigenvalue weighted by molar-refractivity contribution is 5.74.